The van der Waals surface area contributed by atoms with Gasteiger partial charge in [0.2, 0.25) is 0 Å². The zero-order valence-corrected chi connectivity index (χ0v) is 14.2. The van der Waals surface area contributed by atoms with Crippen LogP contribution in [0.3, 0.4) is 0 Å². The van der Waals surface area contributed by atoms with Gasteiger partial charge in [-0.25, -0.2) is 9.82 Å². The molecule has 0 fully saturated rings. The van der Waals surface area contributed by atoms with Crippen molar-refractivity contribution in [2.24, 2.45) is 5.10 Å². The summed E-state index contributed by atoms with van der Waals surface area (Å²) >= 11 is 1.48. The van der Waals surface area contributed by atoms with Gasteiger partial charge in [0.1, 0.15) is 5.82 Å². The number of benzene rings is 2. The topological polar surface area (TPSA) is 41.5 Å². The van der Waals surface area contributed by atoms with Crippen molar-refractivity contribution in [3.05, 3.63) is 65.5 Å². The number of nitrogens with one attached hydrogen (secondary N) is 1. The summed E-state index contributed by atoms with van der Waals surface area (Å²) < 4.78 is 12.9. The minimum atomic E-state index is -0.297. The molecular weight excluding hydrogens is 311 g/mol. The predicted molar refractivity (Wildman–Crippen MR) is 93.3 cm³/mol. The van der Waals surface area contributed by atoms with E-state index >= 15 is 0 Å². The van der Waals surface area contributed by atoms with Gasteiger partial charge in [-0.3, -0.25) is 4.79 Å². The van der Waals surface area contributed by atoms with Crippen molar-refractivity contribution in [2.75, 3.05) is 0 Å². The molecule has 0 unspecified atom stereocenters. The quantitative estimate of drug-likeness (QED) is 0.508. The third-order valence-electron chi connectivity index (χ3n) is 3.30. The molecule has 0 saturated heterocycles. The normalized spacial score (nSPS) is 12.8. The third kappa shape index (κ3) is 5.21. The van der Waals surface area contributed by atoms with Crippen LogP contribution in [0.15, 0.2) is 58.5 Å². The summed E-state index contributed by atoms with van der Waals surface area (Å²) in [5.74, 6) is -0.467. The van der Waals surface area contributed by atoms with Gasteiger partial charge in [-0.2, -0.15) is 5.10 Å². The van der Waals surface area contributed by atoms with Crippen LogP contribution in [0.1, 0.15) is 25.0 Å². The maximum absolute atomic E-state index is 12.9. The molecular formula is C18H19FN2OS. The van der Waals surface area contributed by atoms with Gasteiger partial charge >= 0.3 is 0 Å². The van der Waals surface area contributed by atoms with E-state index in [1.165, 1.54) is 29.5 Å². The van der Waals surface area contributed by atoms with E-state index < -0.39 is 0 Å². The number of rotatable bonds is 5. The molecule has 0 aliphatic heterocycles. The highest BCUT2D eigenvalue weighted by atomic mass is 32.2. The summed E-state index contributed by atoms with van der Waals surface area (Å²) in [4.78, 5) is 13.1. The largest absolute Gasteiger partial charge is 0.272 e. The second-order valence-corrected chi connectivity index (χ2v) is 6.67. The van der Waals surface area contributed by atoms with Gasteiger partial charge in [-0.05, 0) is 50.6 Å². The average molecular weight is 330 g/mol. The molecule has 0 aromatic heterocycles. The van der Waals surface area contributed by atoms with E-state index in [1.54, 1.807) is 19.1 Å². The Labute approximate surface area is 140 Å². The van der Waals surface area contributed by atoms with Gasteiger partial charge < -0.3 is 0 Å². The lowest BCUT2D eigenvalue weighted by Gasteiger charge is -2.10. The van der Waals surface area contributed by atoms with Crippen molar-refractivity contribution in [3.63, 3.8) is 0 Å². The molecule has 0 bridgehead atoms. The standard InChI is InChI=1S/C18H19FN2OS/c1-12-4-10-17(11-5-12)23-14(3)18(22)21-20-13(2)15-6-8-16(19)9-7-15/h4-11,14H,1-3H3,(H,21,22)/b20-13-/t14-/m1/s1. The Hall–Kier alpha value is -2.14. The van der Waals surface area contributed by atoms with E-state index in [2.05, 4.69) is 10.5 Å². The van der Waals surface area contributed by atoms with E-state index in [-0.39, 0.29) is 17.0 Å². The number of carbonyl (C=O) groups excluding carboxylic acids is 1. The van der Waals surface area contributed by atoms with Gasteiger partial charge in [0.25, 0.3) is 5.91 Å². The summed E-state index contributed by atoms with van der Waals surface area (Å²) in [6.07, 6.45) is 0. The molecule has 2 aromatic rings. The van der Waals surface area contributed by atoms with Gasteiger partial charge in [0.05, 0.1) is 11.0 Å². The second-order valence-electron chi connectivity index (χ2n) is 5.25. The van der Waals surface area contributed by atoms with Crippen LogP contribution in [0.25, 0.3) is 0 Å². The molecule has 1 amide bonds. The molecule has 2 aromatic carbocycles. The first-order valence-corrected chi connectivity index (χ1v) is 8.17. The SMILES string of the molecule is C/C(=N/NC(=O)[C@@H](C)Sc1ccc(C)cc1)c1ccc(F)cc1. The average Bonchev–Trinajstić information content (AvgIpc) is 2.55. The van der Waals surface area contributed by atoms with E-state index in [0.717, 1.165) is 10.5 Å². The van der Waals surface area contributed by atoms with E-state index in [1.807, 2.05) is 38.1 Å². The van der Waals surface area contributed by atoms with Crippen LogP contribution >= 0.6 is 11.8 Å². The van der Waals surface area contributed by atoms with Crippen molar-refractivity contribution < 1.29 is 9.18 Å². The Morgan fingerprint density at radius 1 is 1.13 bits per heavy atom. The summed E-state index contributed by atoms with van der Waals surface area (Å²) in [5, 5.41) is 3.82. The maximum Gasteiger partial charge on any atom is 0.253 e. The van der Waals surface area contributed by atoms with E-state index in [9.17, 15) is 9.18 Å². The van der Waals surface area contributed by atoms with Crippen molar-refractivity contribution in [1.29, 1.82) is 0 Å². The number of hydrazone groups is 1. The minimum absolute atomic E-state index is 0.169. The molecule has 3 nitrogen and oxygen atoms in total. The number of halogens is 1. The number of thioether (sulfide) groups is 1. The number of aryl methyl sites for hydroxylation is 1. The smallest absolute Gasteiger partial charge is 0.253 e. The van der Waals surface area contributed by atoms with E-state index in [0.29, 0.717) is 5.71 Å². The van der Waals surface area contributed by atoms with Crippen molar-refractivity contribution in [2.45, 2.75) is 30.9 Å². The molecule has 1 atom stereocenters. The molecule has 23 heavy (non-hydrogen) atoms. The van der Waals surface area contributed by atoms with Crippen LogP contribution in [-0.4, -0.2) is 16.9 Å². The Morgan fingerprint density at radius 3 is 2.35 bits per heavy atom. The second kappa shape index (κ2) is 7.92. The highest BCUT2D eigenvalue weighted by molar-refractivity contribution is 8.00. The monoisotopic (exact) mass is 330 g/mol. The van der Waals surface area contributed by atoms with Gasteiger partial charge in [-0.15, -0.1) is 11.8 Å². The summed E-state index contributed by atoms with van der Waals surface area (Å²) in [5.41, 5.74) is 5.15. The Balaban J connectivity index is 1.93. The maximum atomic E-state index is 12.9. The van der Waals surface area contributed by atoms with Gasteiger partial charge in [0, 0.05) is 4.90 Å². The molecule has 0 saturated carbocycles. The summed E-state index contributed by atoms with van der Waals surface area (Å²) in [6.45, 7) is 5.63. The van der Waals surface area contributed by atoms with Gasteiger partial charge in [-0.1, -0.05) is 29.8 Å². The van der Waals surface area contributed by atoms with Crippen molar-refractivity contribution in [3.8, 4) is 0 Å². The van der Waals surface area contributed by atoms with E-state index in [4.69, 9.17) is 0 Å². The first-order valence-electron chi connectivity index (χ1n) is 7.29. The molecule has 0 radical (unpaired) electrons. The fraction of sp³-hybridized carbons (Fsp3) is 0.222. The third-order valence-corrected chi connectivity index (χ3v) is 4.41. The van der Waals surface area contributed by atoms with Crippen LogP contribution < -0.4 is 5.43 Å². The van der Waals surface area contributed by atoms with Crippen molar-refractivity contribution >= 4 is 23.4 Å². The molecule has 120 valence electrons. The Bertz CT molecular complexity index is 696. The zero-order chi connectivity index (χ0) is 16.8. The lowest BCUT2D eigenvalue weighted by atomic mass is 10.1. The fourth-order valence-corrected chi connectivity index (χ4v) is 2.72. The summed E-state index contributed by atoms with van der Waals surface area (Å²) in [7, 11) is 0. The lowest BCUT2D eigenvalue weighted by Crippen LogP contribution is -2.27. The zero-order valence-electron chi connectivity index (χ0n) is 13.3. The van der Waals surface area contributed by atoms with Crippen LogP contribution in [0, 0.1) is 12.7 Å². The minimum Gasteiger partial charge on any atom is -0.272 e. The first kappa shape index (κ1) is 17.2. The predicted octanol–water partition coefficient (Wildman–Crippen LogP) is 4.16. The fourth-order valence-electron chi connectivity index (χ4n) is 1.86. The molecule has 0 aliphatic carbocycles. The number of carbonyl (C=O) groups is 1. The summed E-state index contributed by atoms with van der Waals surface area (Å²) in [6, 6.07) is 14.0. The molecule has 0 heterocycles. The highest BCUT2D eigenvalue weighted by Gasteiger charge is 2.14. The number of hydrogen-bond acceptors (Lipinski definition) is 3. The Kier molecular flexibility index (Phi) is 5.93. The molecule has 2 rings (SSSR count). The molecule has 1 N–H and O–H groups in total. The van der Waals surface area contributed by atoms with Crippen LogP contribution in [0.2, 0.25) is 0 Å². The van der Waals surface area contributed by atoms with Gasteiger partial charge in [0.15, 0.2) is 0 Å². The Morgan fingerprint density at radius 2 is 1.74 bits per heavy atom. The first-order chi connectivity index (χ1) is 11.0. The lowest BCUT2D eigenvalue weighted by molar-refractivity contribution is -0.120. The van der Waals surface area contributed by atoms with Crippen molar-refractivity contribution in [1.82, 2.24) is 5.43 Å². The number of hydrogen-bond donors (Lipinski definition) is 1. The molecule has 0 spiro atoms. The molecule has 5 heteroatoms. The number of amides is 1. The molecule has 0 aliphatic rings. The van der Waals surface area contributed by atoms with Crippen LogP contribution in [0.4, 0.5) is 4.39 Å². The number of nitrogens with zero attached hydrogens (tertiary/aromatic N) is 1. The highest BCUT2D eigenvalue weighted by Crippen LogP contribution is 2.23. The van der Waals surface area contributed by atoms with Crippen LogP contribution in [-0.2, 0) is 4.79 Å². The van der Waals surface area contributed by atoms with Crippen LogP contribution in [0.5, 0.6) is 0 Å².